The summed E-state index contributed by atoms with van der Waals surface area (Å²) in [6, 6.07) is 7.78. The number of benzene rings is 1. The van der Waals surface area contributed by atoms with Crippen LogP contribution in [0.3, 0.4) is 0 Å². The molecule has 1 aliphatic heterocycles. The van der Waals surface area contributed by atoms with Crippen LogP contribution in [-0.4, -0.2) is 26.2 Å². The topological polar surface area (TPSA) is 38.3 Å². The molecule has 0 amide bonds. The van der Waals surface area contributed by atoms with Crippen LogP contribution in [0.15, 0.2) is 24.3 Å². The summed E-state index contributed by atoms with van der Waals surface area (Å²) in [5.74, 6) is 0.974. The summed E-state index contributed by atoms with van der Waals surface area (Å²) in [5.41, 5.74) is 1.92. The van der Waals surface area contributed by atoms with Gasteiger partial charge >= 0.3 is 5.97 Å². The minimum absolute atomic E-state index is 0.272. The lowest BCUT2D eigenvalue weighted by atomic mass is 9.82. The predicted molar refractivity (Wildman–Crippen MR) is 67.2 cm³/mol. The van der Waals surface area contributed by atoms with Gasteiger partial charge < -0.3 is 10.1 Å². The molecule has 1 aliphatic rings. The summed E-state index contributed by atoms with van der Waals surface area (Å²) in [5, 5.41) is 3.42. The number of ether oxygens (including phenoxy) is 1. The normalized spacial score (nSPS) is 24.4. The Bertz CT molecular complexity index is 386. The van der Waals surface area contributed by atoms with Crippen molar-refractivity contribution in [3.8, 4) is 0 Å². The fraction of sp³-hybridized carbons (Fsp3) is 0.500. The van der Waals surface area contributed by atoms with E-state index in [1.165, 1.54) is 19.1 Å². The first-order valence-electron chi connectivity index (χ1n) is 6.11. The van der Waals surface area contributed by atoms with E-state index in [1.54, 1.807) is 0 Å². The Morgan fingerprint density at radius 3 is 2.65 bits per heavy atom. The summed E-state index contributed by atoms with van der Waals surface area (Å²) >= 11 is 0. The number of hydrogen-bond acceptors (Lipinski definition) is 3. The first-order chi connectivity index (χ1) is 8.22. The molecule has 1 saturated heterocycles. The van der Waals surface area contributed by atoms with Crippen LogP contribution in [0.5, 0.6) is 0 Å². The van der Waals surface area contributed by atoms with Gasteiger partial charge in [-0.05, 0) is 42.5 Å². The van der Waals surface area contributed by atoms with Crippen molar-refractivity contribution < 1.29 is 9.53 Å². The molecule has 0 aromatic heterocycles. The van der Waals surface area contributed by atoms with Crippen LogP contribution in [-0.2, 0) is 4.74 Å². The smallest absolute Gasteiger partial charge is 0.337 e. The molecule has 1 N–H and O–H groups in total. The minimum atomic E-state index is -0.272. The molecular weight excluding hydrogens is 214 g/mol. The molecule has 3 nitrogen and oxygen atoms in total. The summed E-state index contributed by atoms with van der Waals surface area (Å²) in [7, 11) is 1.41. The van der Waals surface area contributed by atoms with E-state index < -0.39 is 0 Å². The van der Waals surface area contributed by atoms with Crippen molar-refractivity contribution in [2.24, 2.45) is 5.92 Å². The van der Waals surface area contributed by atoms with E-state index in [0.29, 0.717) is 17.4 Å². The van der Waals surface area contributed by atoms with E-state index in [0.717, 1.165) is 13.1 Å². The Balaban J connectivity index is 2.14. The molecular formula is C14H19NO2. The van der Waals surface area contributed by atoms with Gasteiger partial charge in [0.05, 0.1) is 12.7 Å². The van der Waals surface area contributed by atoms with Gasteiger partial charge in [0.25, 0.3) is 0 Å². The summed E-state index contributed by atoms with van der Waals surface area (Å²) in [6.45, 7) is 4.43. The number of esters is 1. The van der Waals surface area contributed by atoms with E-state index in [1.807, 2.05) is 24.3 Å². The van der Waals surface area contributed by atoms with Gasteiger partial charge in [-0.15, -0.1) is 0 Å². The molecule has 2 rings (SSSR count). The zero-order valence-corrected chi connectivity index (χ0v) is 10.4. The summed E-state index contributed by atoms with van der Waals surface area (Å²) in [6.07, 6.45) is 1.21. The largest absolute Gasteiger partial charge is 0.465 e. The Morgan fingerprint density at radius 2 is 2.06 bits per heavy atom. The van der Waals surface area contributed by atoms with Crippen molar-refractivity contribution in [2.75, 3.05) is 20.2 Å². The number of carbonyl (C=O) groups is 1. The van der Waals surface area contributed by atoms with Gasteiger partial charge in [0.15, 0.2) is 0 Å². The van der Waals surface area contributed by atoms with Crippen LogP contribution in [0.1, 0.15) is 35.2 Å². The Hall–Kier alpha value is -1.35. The van der Waals surface area contributed by atoms with Crippen LogP contribution in [0.4, 0.5) is 0 Å². The average molecular weight is 233 g/mol. The second-order valence-corrected chi connectivity index (χ2v) is 4.69. The molecule has 17 heavy (non-hydrogen) atoms. The zero-order valence-electron chi connectivity index (χ0n) is 10.4. The van der Waals surface area contributed by atoms with E-state index in [4.69, 9.17) is 4.74 Å². The van der Waals surface area contributed by atoms with Crippen LogP contribution in [0, 0.1) is 5.92 Å². The first-order valence-corrected chi connectivity index (χ1v) is 6.11. The van der Waals surface area contributed by atoms with Crippen molar-refractivity contribution in [3.63, 3.8) is 0 Å². The number of carbonyl (C=O) groups excluding carboxylic acids is 1. The molecule has 0 bridgehead atoms. The molecule has 92 valence electrons. The molecule has 2 unspecified atom stereocenters. The van der Waals surface area contributed by atoms with Crippen molar-refractivity contribution >= 4 is 5.97 Å². The van der Waals surface area contributed by atoms with Gasteiger partial charge in [0.1, 0.15) is 0 Å². The van der Waals surface area contributed by atoms with E-state index in [-0.39, 0.29) is 5.97 Å². The Kier molecular flexibility index (Phi) is 3.79. The highest BCUT2D eigenvalue weighted by molar-refractivity contribution is 5.89. The molecule has 1 aromatic carbocycles. The average Bonchev–Trinajstić information content (AvgIpc) is 2.39. The molecule has 0 saturated carbocycles. The molecule has 0 spiro atoms. The monoisotopic (exact) mass is 233 g/mol. The summed E-state index contributed by atoms with van der Waals surface area (Å²) < 4.78 is 4.69. The highest BCUT2D eigenvalue weighted by Crippen LogP contribution is 2.28. The molecule has 0 aliphatic carbocycles. The molecule has 2 atom stereocenters. The van der Waals surface area contributed by atoms with Crippen molar-refractivity contribution in [1.82, 2.24) is 5.32 Å². The summed E-state index contributed by atoms with van der Waals surface area (Å²) in [4.78, 5) is 11.3. The third kappa shape index (κ3) is 2.67. The highest BCUT2D eigenvalue weighted by Gasteiger charge is 2.22. The maximum atomic E-state index is 11.3. The lowest BCUT2D eigenvalue weighted by Gasteiger charge is -2.29. The second kappa shape index (κ2) is 5.32. The molecule has 0 radical (unpaired) electrons. The van der Waals surface area contributed by atoms with Crippen molar-refractivity contribution in [1.29, 1.82) is 0 Å². The number of rotatable bonds is 2. The van der Waals surface area contributed by atoms with Gasteiger partial charge in [0, 0.05) is 6.54 Å². The third-order valence-corrected chi connectivity index (χ3v) is 3.59. The van der Waals surface area contributed by atoms with Gasteiger partial charge in [-0.2, -0.15) is 0 Å². The van der Waals surface area contributed by atoms with Crippen LogP contribution in [0.2, 0.25) is 0 Å². The maximum absolute atomic E-state index is 11.3. The van der Waals surface area contributed by atoms with Gasteiger partial charge in [-0.3, -0.25) is 0 Å². The van der Waals surface area contributed by atoms with Crippen molar-refractivity contribution in [3.05, 3.63) is 35.4 Å². The lowest BCUT2D eigenvalue weighted by Crippen LogP contribution is -2.33. The first kappa shape index (κ1) is 12.1. The standard InChI is InChI=1S/C14H19NO2/c1-10-7-8-15-9-13(10)11-3-5-12(6-4-11)14(16)17-2/h3-6,10,13,15H,7-9H2,1-2H3. The van der Waals surface area contributed by atoms with Crippen LogP contribution >= 0.6 is 0 Å². The molecule has 1 aromatic rings. The maximum Gasteiger partial charge on any atom is 0.337 e. The molecule has 1 heterocycles. The number of hydrogen-bond donors (Lipinski definition) is 1. The second-order valence-electron chi connectivity index (χ2n) is 4.69. The fourth-order valence-electron chi connectivity index (χ4n) is 2.42. The minimum Gasteiger partial charge on any atom is -0.465 e. The predicted octanol–water partition coefficient (Wildman–Crippen LogP) is 2.19. The van der Waals surface area contributed by atoms with E-state index >= 15 is 0 Å². The number of methoxy groups -OCH3 is 1. The lowest BCUT2D eigenvalue weighted by molar-refractivity contribution is 0.0600. The van der Waals surface area contributed by atoms with Gasteiger partial charge in [-0.25, -0.2) is 4.79 Å². The number of nitrogens with one attached hydrogen (secondary N) is 1. The van der Waals surface area contributed by atoms with Crippen LogP contribution in [0.25, 0.3) is 0 Å². The Labute approximate surface area is 102 Å². The van der Waals surface area contributed by atoms with E-state index in [2.05, 4.69) is 12.2 Å². The molecule has 1 fully saturated rings. The van der Waals surface area contributed by atoms with Gasteiger partial charge in [-0.1, -0.05) is 19.1 Å². The highest BCUT2D eigenvalue weighted by atomic mass is 16.5. The third-order valence-electron chi connectivity index (χ3n) is 3.59. The zero-order chi connectivity index (χ0) is 12.3. The van der Waals surface area contributed by atoms with Gasteiger partial charge in [0.2, 0.25) is 0 Å². The van der Waals surface area contributed by atoms with Crippen LogP contribution < -0.4 is 5.32 Å². The SMILES string of the molecule is COC(=O)c1ccc(C2CNCCC2C)cc1. The quantitative estimate of drug-likeness (QED) is 0.796. The van der Waals surface area contributed by atoms with Crippen molar-refractivity contribution in [2.45, 2.75) is 19.3 Å². The Morgan fingerprint density at radius 1 is 1.35 bits per heavy atom. The number of piperidine rings is 1. The fourth-order valence-corrected chi connectivity index (χ4v) is 2.42. The molecule has 3 heteroatoms. The van der Waals surface area contributed by atoms with E-state index in [9.17, 15) is 4.79 Å².